The smallest absolute Gasteiger partial charge is 0.161 e. The van der Waals surface area contributed by atoms with Crippen LogP contribution in [0.25, 0.3) is 0 Å². The van der Waals surface area contributed by atoms with Crippen molar-refractivity contribution in [3.05, 3.63) is 23.3 Å². The van der Waals surface area contributed by atoms with Crippen LogP contribution in [0.4, 0.5) is 0 Å². The van der Waals surface area contributed by atoms with Crippen LogP contribution in [-0.2, 0) is 11.2 Å². The van der Waals surface area contributed by atoms with E-state index in [-0.39, 0.29) is 22.7 Å². The lowest BCUT2D eigenvalue weighted by Gasteiger charge is -2.52. The summed E-state index contributed by atoms with van der Waals surface area (Å²) in [6.45, 7) is 3.63. The van der Waals surface area contributed by atoms with E-state index in [0.717, 1.165) is 43.2 Å². The summed E-state index contributed by atoms with van der Waals surface area (Å²) in [5.74, 6) is 0.953. The first-order valence-electron chi connectivity index (χ1n) is 9.06. The predicted octanol–water partition coefficient (Wildman–Crippen LogP) is 3.27. The van der Waals surface area contributed by atoms with Gasteiger partial charge in [-0.25, -0.2) is 0 Å². The van der Waals surface area contributed by atoms with E-state index < -0.39 is 5.60 Å². The van der Waals surface area contributed by atoms with Crippen molar-refractivity contribution in [2.75, 3.05) is 0 Å². The Morgan fingerprint density at radius 1 is 1.12 bits per heavy atom. The minimum atomic E-state index is -1.18. The molecule has 5 atom stereocenters. The molecule has 0 saturated heterocycles. The molecule has 0 aromatic heterocycles. The van der Waals surface area contributed by atoms with Gasteiger partial charge in [0.15, 0.2) is 17.3 Å². The predicted molar refractivity (Wildman–Crippen MR) is 90.0 cm³/mol. The molecule has 24 heavy (non-hydrogen) atoms. The number of phenols is 2. The van der Waals surface area contributed by atoms with Gasteiger partial charge in [-0.1, -0.05) is 6.92 Å². The van der Waals surface area contributed by atoms with E-state index in [1.54, 1.807) is 12.1 Å². The highest BCUT2D eigenvalue weighted by Crippen LogP contribution is 2.64. The Balaban J connectivity index is 1.73. The monoisotopic (exact) mass is 330 g/mol. The zero-order chi connectivity index (χ0) is 17.3. The van der Waals surface area contributed by atoms with Crippen LogP contribution in [0.5, 0.6) is 11.5 Å². The Labute approximate surface area is 142 Å². The van der Waals surface area contributed by atoms with Crippen LogP contribution in [0.15, 0.2) is 12.1 Å². The SMILES string of the molecule is CC(=O)C1(O)CC[C@H]2[C@@H]3CCc4cc(O)c(O)cc4[C@H]3CC[C@@]21C. The zero-order valence-electron chi connectivity index (χ0n) is 14.4. The van der Waals surface area contributed by atoms with Crippen molar-refractivity contribution >= 4 is 5.78 Å². The molecular weight excluding hydrogens is 304 g/mol. The second-order valence-corrected chi connectivity index (χ2v) is 8.37. The minimum absolute atomic E-state index is 0.0420. The third-order valence-corrected chi connectivity index (χ3v) is 7.55. The average Bonchev–Trinajstić information content (AvgIpc) is 2.81. The molecule has 130 valence electrons. The first kappa shape index (κ1) is 15.9. The maximum Gasteiger partial charge on any atom is 0.161 e. The third kappa shape index (κ3) is 1.86. The lowest BCUT2D eigenvalue weighted by atomic mass is 9.53. The van der Waals surface area contributed by atoms with Crippen molar-refractivity contribution < 1.29 is 20.1 Å². The second kappa shape index (κ2) is 4.98. The van der Waals surface area contributed by atoms with Gasteiger partial charge in [0.2, 0.25) is 0 Å². The van der Waals surface area contributed by atoms with Crippen LogP contribution in [0, 0.1) is 17.3 Å². The Kier molecular flexibility index (Phi) is 3.31. The topological polar surface area (TPSA) is 77.8 Å². The van der Waals surface area contributed by atoms with E-state index in [1.807, 2.05) is 0 Å². The number of ketones is 1. The van der Waals surface area contributed by atoms with Gasteiger partial charge in [0.25, 0.3) is 0 Å². The summed E-state index contributed by atoms with van der Waals surface area (Å²) in [6.07, 6.45) is 5.12. The number of hydrogen-bond acceptors (Lipinski definition) is 4. The molecule has 2 fully saturated rings. The fraction of sp³-hybridized carbons (Fsp3) is 0.650. The first-order chi connectivity index (χ1) is 11.3. The summed E-state index contributed by atoms with van der Waals surface area (Å²) >= 11 is 0. The molecule has 0 radical (unpaired) electrons. The lowest BCUT2D eigenvalue weighted by molar-refractivity contribution is -0.154. The van der Waals surface area contributed by atoms with Gasteiger partial charge in [-0.2, -0.15) is 0 Å². The fourth-order valence-corrected chi connectivity index (χ4v) is 6.19. The Morgan fingerprint density at radius 3 is 2.54 bits per heavy atom. The number of carbonyl (C=O) groups is 1. The summed E-state index contributed by atoms with van der Waals surface area (Å²) in [6, 6.07) is 3.44. The van der Waals surface area contributed by atoms with Crippen molar-refractivity contribution in [2.45, 2.75) is 63.9 Å². The zero-order valence-corrected chi connectivity index (χ0v) is 14.4. The molecule has 0 spiro atoms. The number of Topliss-reactive ketones (excluding diaryl/α,β-unsaturated/α-hetero) is 1. The molecule has 0 aliphatic heterocycles. The number of carbonyl (C=O) groups excluding carboxylic acids is 1. The minimum Gasteiger partial charge on any atom is -0.504 e. The van der Waals surface area contributed by atoms with E-state index >= 15 is 0 Å². The van der Waals surface area contributed by atoms with Crippen LogP contribution in [0.1, 0.15) is 63.0 Å². The van der Waals surface area contributed by atoms with Crippen molar-refractivity contribution in [1.29, 1.82) is 0 Å². The number of aromatic hydroxyl groups is 2. The normalized spacial score (nSPS) is 40.5. The number of aryl methyl sites for hydroxylation is 1. The third-order valence-electron chi connectivity index (χ3n) is 7.55. The summed E-state index contributed by atoms with van der Waals surface area (Å²) < 4.78 is 0. The number of fused-ring (bicyclic) bond motifs is 5. The number of aliphatic hydroxyl groups is 1. The highest BCUT2D eigenvalue weighted by molar-refractivity contribution is 5.86. The molecule has 3 N–H and O–H groups in total. The molecule has 4 heteroatoms. The van der Waals surface area contributed by atoms with Crippen molar-refractivity contribution in [3.8, 4) is 11.5 Å². The molecule has 3 aliphatic rings. The number of phenolic OH excluding ortho intramolecular Hbond substituents is 2. The molecule has 2 saturated carbocycles. The van der Waals surface area contributed by atoms with E-state index in [9.17, 15) is 20.1 Å². The van der Waals surface area contributed by atoms with Crippen LogP contribution in [0.2, 0.25) is 0 Å². The quantitative estimate of drug-likeness (QED) is 0.691. The van der Waals surface area contributed by atoms with Crippen LogP contribution >= 0.6 is 0 Å². The summed E-state index contributed by atoms with van der Waals surface area (Å²) in [5, 5.41) is 30.8. The number of rotatable bonds is 1. The molecule has 0 bridgehead atoms. The largest absolute Gasteiger partial charge is 0.504 e. The molecular formula is C20H26O4. The Hall–Kier alpha value is -1.55. The maximum absolute atomic E-state index is 12.2. The van der Waals surface area contributed by atoms with Gasteiger partial charge in [-0.05, 0) is 86.5 Å². The van der Waals surface area contributed by atoms with E-state index in [0.29, 0.717) is 24.2 Å². The second-order valence-electron chi connectivity index (χ2n) is 8.37. The molecule has 1 aromatic rings. The van der Waals surface area contributed by atoms with Gasteiger partial charge in [0.1, 0.15) is 5.60 Å². The van der Waals surface area contributed by atoms with Gasteiger partial charge < -0.3 is 15.3 Å². The van der Waals surface area contributed by atoms with Gasteiger partial charge >= 0.3 is 0 Å². The van der Waals surface area contributed by atoms with Gasteiger partial charge in [0, 0.05) is 5.41 Å². The maximum atomic E-state index is 12.2. The van der Waals surface area contributed by atoms with E-state index in [2.05, 4.69) is 6.92 Å². The van der Waals surface area contributed by atoms with Crippen molar-refractivity contribution in [2.24, 2.45) is 17.3 Å². The van der Waals surface area contributed by atoms with Crippen LogP contribution in [-0.4, -0.2) is 26.7 Å². The van der Waals surface area contributed by atoms with Gasteiger partial charge in [0.05, 0.1) is 0 Å². The molecule has 4 nitrogen and oxygen atoms in total. The molecule has 0 amide bonds. The average molecular weight is 330 g/mol. The van der Waals surface area contributed by atoms with Crippen LogP contribution in [0.3, 0.4) is 0 Å². The highest BCUT2D eigenvalue weighted by Gasteiger charge is 2.63. The Morgan fingerprint density at radius 2 is 1.83 bits per heavy atom. The summed E-state index contributed by atoms with van der Waals surface area (Å²) in [5.41, 5.74) is 0.771. The van der Waals surface area contributed by atoms with Gasteiger partial charge in [-0.3, -0.25) is 4.79 Å². The molecule has 0 heterocycles. The molecule has 1 unspecified atom stereocenters. The van der Waals surface area contributed by atoms with Crippen molar-refractivity contribution in [1.82, 2.24) is 0 Å². The summed E-state index contributed by atoms with van der Waals surface area (Å²) in [7, 11) is 0. The highest BCUT2D eigenvalue weighted by atomic mass is 16.3. The Bertz CT molecular complexity index is 712. The van der Waals surface area contributed by atoms with Gasteiger partial charge in [-0.15, -0.1) is 0 Å². The number of benzene rings is 1. The van der Waals surface area contributed by atoms with E-state index in [4.69, 9.17) is 0 Å². The molecule has 4 rings (SSSR count). The standard InChI is InChI=1S/C20H26O4/c1-11(21)20(24)8-6-16-14-4-3-12-9-17(22)18(23)10-15(12)13(14)5-7-19(16,20)2/h9-10,13-14,16,22-24H,3-8H2,1-2H3/t13-,14+,16-,19-,20?/m0/s1. The first-order valence-corrected chi connectivity index (χ1v) is 9.06. The van der Waals surface area contributed by atoms with Crippen molar-refractivity contribution in [3.63, 3.8) is 0 Å². The lowest BCUT2D eigenvalue weighted by Crippen LogP contribution is -2.54. The fourth-order valence-electron chi connectivity index (χ4n) is 6.19. The number of hydrogen-bond donors (Lipinski definition) is 3. The molecule has 1 aromatic carbocycles. The van der Waals surface area contributed by atoms with Crippen LogP contribution < -0.4 is 0 Å². The van der Waals surface area contributed by atoms with E-state index in [1.165, 1.54) is 6.92 Å². The molecule has 3 aliphatic carbocycles. The summed E-state index contributed by atoms with van der Waals surface area (Å²) in [4.78, 5) is 12.2.